The van der Waals surface area contributed by atoms with Crippen molar-refractivity contribution >= 4 is 11.6 Å². The van der Waals surface area contributed by atoms with Gasteiger partial charge in [-0.25, -0.2) is 0 Å². The minimum atomic E-state index is -0.543. The van der Waals surface area contributed by atoms with E-state index >= 15 is 0 Å². The summed E-state index contributed by atoms with van der Waals surface area (Å²) in [5, 5.41) is 13.7. The third kappa shape index (κ3) is 4.53. The molecule has 1 N–H and O–H groups in total. The first-order valence-corrected chi connectivity index (χ1v) is 6.79. The van der Waals surface area contributed by atoms with Gasteiger partial charge in [-0.1, -0.05) is 19.8 Å². The van der Waals surface area contributed by atoms with Gasteiger partial charge >= 0.3 is 5.69 Å². The van der Waals surface area contributed by atoms with Gasteiger partial charge in [0.05, 0.1) is 11.5 Å². The van der Waals surface area contributed by atoms with E-state index in [1.165, 1.54) is 18.2 Å². The molecule has 0 atom stereocenters. The standard InChI is InChI=1S/C14H20N2O4/c1-3-5-6-9-15-14(17)11-7-8-13(20-4-2)12(10-11)16(18)19/h7-8,10H,3-6,9H2,1-2H3,(H,15,17). The Morgan fingerprint density at radius 3 is 2.70 bits per heavy atom. The molecule has 0 radical (unpaired) electrons. The Morgan fingerprint density at radius 2 is 2.10 bits per heavy atom. The van der Waals surface area contributed by atoms with E-state index in [0.29, 0.717) is 13.2 Å². The fourth-order valence-corrected chi connectivity index (χ4v) is 1.76. The zero-order valence-electron chi connectivity index (χ0n) is 11.8. The summed E-state index contributed by atoms with van der Waals surface area (Å²) in [7, 11) is 0. The highest BCUT2D eigenvalue weighted by atomic mass is 16.6. The largest absolute Gasteiger partial charge is 0.487 e. The molecule has 6 nitrogen and oxygen atoms in total. The van der Waals surface area contributed by atoms with Crippen LogP contribution in [0.3, 0.4) is 0 Å². The monoisotopic (exact) mass is 280 g/mol. The lowest BCUT2D eigenvalue weighted by atomic mass is 10.1. The van der Waals surface area contributed by atoms with Crippen LogP contribution in [0.2, 0.25) is 0 Å². The van der Waals surface area contributed by atoms with Crippen molar-refractivity contribution in [1.29, 1.82) is 0 Å². The Morgan fingerprint density at radius 1 is 1.35 bits per heavy atom. The summed E-state index contributed by atoms with van der Waals surface area (Å²) in [5.74, 6) is -0.118. The summed E-state index contributed by atoms with van der Waals surface area (Å²) in [6, 6.07) is 4.25. The van der Waals surface area contributed by atoms with Crippen molar-refractivity contribution < 1.29 is 14.5 Å². The number of rotatable bonds is 8. The minimum absolute atomic E-state index is 0.181. The third-order valence-corrected chi connectivity index (χ3v) is 2.78. The fourth-order valence-electron chi connectivity index (χ4n) is 1.76. The number of amides is 1. The van der Waals surface area contributed by atoms with Gasteiger partial charge in [0.25, 0.3) is 5.91 Å². The number of nitro benzene ring substituents is 1. The van der Waals surface area contributed by atoms with Gasteiger partial charge in [0.1, 0.15) is 0 Å². The van der Waals surface area contributed by atoms with Gasteiger partial charge in [-0.2, -0.15) is 0 Å². The van der Waals surface area contributed by atoms with Gasteiger partial charge in [0.15, 0.2) is 5.75 Å². The minimum Gasteiger partial charge on any atom is -0.487 e. The first-order valence-electron chi connectivity index (χ1n) is 6.79. The van der Waals surface area contributed by atoms with E-state index in [-0.39, 0.29) is 22.9 Å². The number of benzene rings is 1. The Balaban J connectivity index is 2.78. The molecule has 0 saturated heterocycles. The number of nitrogens with zero attached hydrogens (tertiary/aromatic N) is 1. The van der Waals surface area contributed by atoms with Crippen molar-refractivity contribution in [3.05, 3.63) is 33.9 Å². The summed E-state index contributed by atoms with van der Waals surface area (Å²) in [6.07, 6.45) is 3.02. The lowest BCUT2D eigenvalue weighted by Gasteiger charge is -2.07. The van der Waals surface area contributed by atoms with Crippen LogP contribution < -0.4 is 10.1 Å². The first kappa shape index (κ1) is 15.9. The highest BCUT2D eigenvalue weighted by Gasteiger charge is 2.18. The van der Waals surface area contributed by atoms with Gasteiger partial charge in [-0.05, 0) is 25.5 Å². The van der Waals surface area contributed by atoms with Crippen LogP contribution in [0.25, 0.3) is 0 Å². The summed E-state index contributed by atoms with van der Waals surface area (Å²) in [4.78, 5) is 22.3. The molecule has 0 spiro atoms. The summed E-state index contributed by atoms with van der Waals surface area (Å²) < 4.78 is 5.17. The smallest absolute Gasteiger partial charge is 0.311 e. The molecule has 1 aromatic carbocycles. The van der Waals surface area contributed by atoms with E-state index in [1.807, 2.05) is 0 Å². The number of unbranched alkanes of at least 4 members (excludes halogenated alkanes) is 2. The normalized spacial score (nSPS) is 10.1. The predicted octanol–water partition coefficient (Wildman–Crippen LogP) is 2.91. The van der Waals surface area contributed by atoms with Crippen LogP contribution in [0.5, 0.6) is 5.75 Å². The van der Waals surface area contributed by atoms with E-state index < -0.39 is 4.92 Å². The molecule has 0 aromatic heterocycles. The molecule has 0 fully saturated rings. The van der Waals surface area contributed by atoms with E-state index in [4.69, 9.17) is 4.74 Å². The van der Waals surface area contributed by atoms with Gasteiger partial charge in [-0.15, -0.1) is 0 Å². The van der Waals surface area contributed by atoms with Gasteiger partial charge in [-0.3, -0.25) is 14.9 Å². The van der Waals surface area contributed by atoms with Crippen LogP contribution in [0, 0.1) is 10.1 Å². The van der Waals surface area contributed by atoms with Gasteiger partial charge < -0.3 is 10.1 Å². The summed E-state index contributed by atoms with van der Waals surface area (Å²) in [6.45, 7) is 4.74. The van der Waals surface area contributed by atoms with Crippen molar-refractivity contribution in [3.63, 3.8) is 0 Å². The molecule has 1 rings (SSSR count). The van der Waals surface area contributed by atoms with E-state index in [9.17, 15) is 14.9 Å². The average Bonchev–Trinajstić information content (AvgIpc) is 2.44. The Hall–Kier alpha value is -2.11. The summed E-state index contributed by atoms with van der Waals surface area (Å²) >= 11 is 0. The van der Waals surface area contributed by atoms with Crippen LogP contribution in [-0.2, 0) is 0 Å². The zero-order valence-corrected chi connectivity index (χ0v) is 11.8. The third-order valence-electron chi connectivity index (χ3n) is 2.78. The average molecular weight is 280 g/mol. The number of carbonyl (C=O) groups is 1. The fraction of sp³-hybridized carbons (Fsp3) is 0.500. The maximum Gasteiger partial charge on any atom is 0.311 e. The molecular weight excluding hydrogens is 260 g/mol. The predicted molar refractivity (Wildman–Crippen MR) is 76.1 cm³/mol. The number of hydrogen-bond acceptors (Lipinski definition) is 4. The maximum atomic E-state index is 11.9. The molecule has 0 aliphatic rings. The number of carbonyl (C=O) groups excluding carboxylic acids is 1. The second kappa shape index (κ2) is 8.14. The number of ether oxygens (including phenoxy) is 1. The molecule has 1 aromatic rings. The molecule has 0 saturated carbocycles. The van der Waals surface area contributed by atoms with Crippen LogP contribution in [-0.4, -0.2) is 24.0 Å². The second-order valence-corrected chi connectivity index (χ2v) is 4.34. The van der Waals surface area contributed by atoms with Crippen molar-refractivity contribution in [2.45, 2.75) is 33.1 Å². The van der Waals surface area contributed by atoms with Crippen LogP contribution in [0.4, 0.5) is 5.69 Å². The second-order valence-electron chi connectivity index (χ2n) is 4.34. The van der Waals surface area contributed by atoms with Crippen molar-refractivity contribution in [1.82, 2.24) is 5.32 Å². The molecule has 1 amide bonds. The molecule has 6 heteroatoms. The molecule has 0 heterocycles. The molecule has 0 aliphatic carbocycles. The quantitative estimate of drug-likeness (QED) is 0.451. The highest BCUT2D eigenvalue weighted by Crippen LogP contribution is 2.27. The molecule has 0 bridgehead atoms. The first-order chi connectivity index (χ1) is 9.60. The maximum absolute atomic E-state index is 11.9. The van der Waals surface area contributed by atoms with E-state index in [0.717, 1.165) is 19.3 Å². The van der Waals surface area contributed by atoms with Crippen molar-refractivity contribution in [3.8, 4) is 5.75 Å². The Labute approximate surface area is 118 Å². The lowest BCUT2D eigenvalue weighted by molar-refractivity contribution is -0.385. The summed E-state index contributed by atoms with van der Waals surface area (Å²) in [5.41, 5.74) is 0.0877. The van der Waals surface area contributed by atoms with E-state index in [2.05, 4.69) is 12.2 Å². The molecule has 110 valence electrons. The van der Waals surface area contributed by atoms with Crippen LogP contribution >= 0.6 is 0 Å². The van der Waals surface area contributed by atoms with Crippen molar-refractivity contribution in [2.24, 2.45) is 0 Å². The van der Waals surface area contributed by atoms with Gasteiger partial charge in [0.2, 0.25) is 0 Å². The SMILES string of the molecule is CCCCCNC(=O)c1ccc(OCC)c([N+](=O)[O-])c1. The molecule has 20 heavy (non-hydrogen) atoms. The van der Waals surface area contributed by atoms with Gasteiger partial charge in [0, 0.05) is 18.2 Å². The lowest BCUT2D eigenvalue weighted by Crippen LogP contribution is -2.24. The molecule has 0 aliphatic heterocycles. The van der Waals surface area contributed by atoms with E-state index in [1.54, 1.807) is 6.92 Å². The number of nitrogens with one attached hydrogen (secondary N) is 1. The Bertz CT molecular complexity index is 474. The van der Waals surface area contributed by atoms with Crippen LogP contribution in [0.1, 0.15) is 43.5 Å². The molecular formula is C14H20N2O4. The van der Waals surface area contributed by atoms with Crippen molar-refractivity contribution in [2.75, 3.05) is 13.2 Å². The molecule has 0 unspecified atom stereocenters. The van der Waals surface area contributed by atoms with Crippen LogP contribution in [0.15, 0.2) is 18.2 Å². The number of nitro groups is 1. The number of hydrogen-bond donors (Lipinski definition) is 1. The Kier molecular flexibility index (Phi) is 6.49. The highest BCUT2D eigenvalue weighted by molar-refractivity contribution is 5.95. The topological polar surface area (TPSA) is 81.5 Å². The zero-order chi connectivity index (χ0) is 15.0.